The highest BCUT2D eigenvalue weighted by Crippen LogP contribution is 2.35. The third-order valence-corrected chi connectivity index (χ3v) is 4.76. The zero-order chi connectivity index (χ0) is 16.5. The van der Waals surface area contributed by atoms with E-state index in [0.29, 0.717) is 30.4 Å². The van der Waals surface area contributed by atoms with Gasteiger partial charge in [0.15, 0.2) is 5.82 Å². The van der Waals surface area contributed by atoms with Gasteiger partial charge in [-0.25, -0.2) is 0 Å². The smallest absolute Gasteiger partial charge is 0.267 e. The summed E-state index contributed by atoms with van der Waals surface area (Å²) in [4.78, 5) is 16.8. The first kappa shape index (κ1) is 14.9. The highest BCUT2D eigenvalue weighted by Gasteiger charge is 2.25. The van der Waals surface area contributed by atoms with Gasteiger partial charge in [0.05, 0.1) is 0 Å². The maximum Gasteiger partial charge on any atom is 0.267 e. The fourth-order valence-electron chi connectivity index (χ4n) is 3.08. The molecule has 0 radical (unpaired) electrons. The topological polar surface area (TPSA) is 73.0 Å². The van der Waals surface area contributed by atoms with Gasteiger partial charge in [-0.15, -0.1) is 0 Å². The van der Waals surface area contributed by atoms with E-state index in [1.54, 1.807) is 0 Å². The Bertz CT molecular complexity index is 876. The number of aromatic nitrogens is 3. The molecule has 1 aliphatic carbocycles. The lowest BCUT2D eigenvalue weighted by Crippen LogP contribution is -2.27. The fraction of sp³-hybridized carbons (Fsp3) is 0.389. The number of nitrogens with zero attached hydrogens (tertiary/aromatic N) is 3. The maximum atomic E-state index is 12.4. The average molecular weight is 324 g/mol. The SMILES string of the molecule is Cn1c(C(=O)NCCc2noc(C3CCC3)n2)cc2ccccc21. The van der Waals surface area contributed by atoms with Crippen LogP contribution in [0.1, 0.15) is 47.4 Å². The molecule has 0 aliphatic heterocycles. The van der Waals surface area contributed by atoms with Crippen molar-refractivity contribution in [3.63, 3.8) is 0 Å². The number of rotatable bonds is 5. The van der Waals surface area contributed by atoms with Crippen molar-refractivity contribution in [3.8, 4) is 0 Å². The zero-order valence-corrected chi connectivity index (χ0v) is 13.7. The van der Waals surface area contributed by atoms with E-state index in [0.717, 1.165) is 29.6 Å². The molecule has 1 saturated carbocycles. The molecule has 6 heteroatoms. The van der Waals surface area contributed by atoms with Crippen molar-refractivity contribution in [2.45, 2.75) is 31.6 Å². The van der Waals surface area contributed by atoms with Crippen molar-refractivity contribution in [3.05, 3.63) is 47.7 Å². The lowest BCUT2D eigenvalue weighted by Gasteiger charge is -2.20. The molecule has 1 N–H and O–H groups in total. The van der Waals surface area contributed by atoms with Gasteiger partial charge < -0.3 is 14.4 Å². The summed E-state index contributed by atoms with van der Waals surface area (Å²) in [6.45, 7) is 0.490. The molecule has 4 rings (SSSR count). The van der Waals surface area contributed by atoms with Gasteiger partial charge in [-0.3, -0.25) is 4.79 Å². The van der Waals surface area contributed by atoms with E-state index in [4.69, 9.17) is 4.52 Å². The molecule has 3 aromatic rings. The summed E-state index contributed by atoms with van der Waals surface area (Å²) in [6, 6.07) is 9.87. The van der Waals surface area contributed by atoms with Crippen LogP contribution in [-0.2, 0) is 13.5 Å². The number of carbonyl (C=O) groups is 1. The molecule has 1 fully saturated rings. The van der Waals surface area contributed by atoms with E-state index < -0.39 is 0 Å². The molecule has 0 bridgehead atoms. The molecule has 1 aliphatic rings. The Labute approximate surface area is 139 Å². The molecular weight excluding hydrogens is 304 g/mol. The third-order valence-electron chi connectivity index (χ3n) is 4.76. The molecule has 1 amide bonds. The van der Waals surface area contributed by atoms with Crippen LogP contribution in [0.3, 0.4) is 0 Å². The van der Waals surface area contributed by atoms with Gasteiger partial charge in [-0.05, 0) is 25.0 Å². The number of para-hydroxylation sites is 1. The van der Waals surface area contributed by atoms with Crippen LogP contribution in [0.4, 0.5) is 0 Å². The molecule has 0 atom stereocenters. The number of benzene rings is 1. The Kier molecular flexibility index (Phi) is 3.80. The van der Waals surface area contributed by atoms with Gasteiger partial charge in [0.1, 0.15) is 5.69 Å². The second-order valence-electron chi connectivity index (χ2n) is 6.33. The summed E-state index contributed by atoms with van der Waals surface area (Å²) in [6.07, 6.45) is 4.09. The lowest BCUT2D eigenvalue weighted by atomic mass is 9.85. The number of hydrogen-bond acceptors (Lipinski definition) is 4. The second kappa shape index (κ2) is 6.11. The minimum atomic E-state index is -0.0867. The van der Waals surface area contributed by atoms with Crippen LogP contribution in [0.15, 0.2) is 34.9 Å². The first-order chi connectivity index (χ1) is 11.7. The molecule has 124 valence electrons. The number of carbonyl (C=O) groups excluding carboxylic acids is 1. The summed E-state index contributed by atoms with van der Waals surface area (Å²) in [5, 5.41) is 8.00. The summed E-state index contributed by atoms with van der Waals surface area (Å²) in [5.74, 6) is 1.76. The van der Waals surface area contributed by atoms with Crippen LogP contribution in [0, 0.1) is 0 Å². The summed E-state index contributed by atoms with van der Waals surface area (Å²) in [5.41, 5.74) is 1.70. The predicted molar refractivity (Wildman–Crippen MR) is 89.8 cm³/mol. The van der Waals surface area contributed by atoms with Gasteiger partial charge in [0.2, 0.25) is 5.89 Å². The molecule has 6 nitrogen and oxygen atoms in total. The van der Waals surface area contributed by atoms with Crippen LogP contribution in [0.2, 0.25) is 0 Å². The molecule has 0 saturated heterocycles. The predicted octanol–water partition coefficient (Wildman–Crippen LogP) is 2.80. The minimum absolute atomic E-state index is 0.0867. The van der Waals surface area contributed by atoms with Gasteiger partial charge in [0, 0.05) is 36.8 Å². The van der Waals surface area contributed by atoms with Crippen LogP contribution in [0.25, 0.3) is 10.9 Å². The van der Waals surface area contributed by atoms with Gasteiger partial charge in [-0.2, -0.15) is 4.98 Å². The summed E-state index contributed by atoms with van der Waals surface area (Å²) in [7, 11) is 1.90. The standard InChI is InChI=1S/C18H20N4O2/c1-22-14-8-3-2-5-13(14)11-15(22)17(23)19-10-9-16-20-18(24-21-16)12-6-4-7-12/h2-3,5,8,11-12H,4,6-7,9-10H2,1H3,(H,19,23). The number of amides is 1. The third kappa shape index (κ3) is 2.68. The van der Waals surface area contributed by atoms with Crippen molar-refractivity contribution in [1.82, 2.24) is 20.0 Å². The number of fused-ring (bicyclic) bond motifs is 1. The van der Waals surface area contributed by atoms with E-state index in [-0.39, 0.29) is 5.91 Å². The molecule has 1 aromatic carbocycles. The van der Waals surface area contributed by atoms with Gasteiger partial charge in [-0.1, -0.05) is 29.8 Å². The summed E-state index contributed by atoms with van der Waals surface area (Å²) < 4.78 is 7.20. The first-order valence-electron chi connectivity index (χ1n) is 8.37. The molecule has 2 aromatic heterocycles. The maximum absolute atomic E-state index is 12.4. The Morgan fingerprint density at radius 1 is 1.38 bits per heavy atom. The highest BCUT2D eigenvalue weighted by atomic mass is 16.5. The van der Waals surface area contributed by atoms with Crippen LogP contribution < -0.4 is 5.32 Å². The highest BCUT2D eigenvalue weighted by molar-refractivity contribution is 5.98. The van der Waals surface area contributed by atoms with Crippen molar-refractivity contribution in [1.29, 1.82) is 0 Å². The van der Waals surface area contributed by atoms with Crippen LogP contribution in [-0.4, -0.2) is 27.2 Å². The van der Waals surface area contributed by atoms with E-state index >= 15 is 0 Å². The molecule has 0 spiro atoms. The summed E-state index contributed by atoms with van der Waals surface area (Å²) >= 11 is 0. The number of aryl methyl sites for hydroxylation is 1. The van der Waals surface area contributed by atoms with Gasteiger partial charge in [0.25, 0.3) is 5.91 Å². The van der Waals surface area contributed by atoms with Crippen LogP contribution in [0.5, 0.6) is 0 Å². The second-order valence-corrected chi connectivity index (χ2v) is 6.33. The van der Waals surface area contributed by atoms with E-state index in [1.165, 1.54) is 6.42 Å². The Morgan fingerprint density at radius 2 is 2.21 bits per heavy atom. The minimum Gasteiger partial charge on any atom is -0.350 e. The first-order valence-corrected chi connectivity index (χ1v) is 8.37. The normalized spacial score (nSPS) is 14.7. The Morgan fingerprint density at radius 3 is 2.96 bits per heavy atom. The van der Waals surface area contributed by atoms with Gasteiger partial charge >= 0.3 is 0 Å². The van der Waals surface area contributed by atoms with Crippen molar-refractivity contribution in [2.75, 3.05) is 6.54 Å². The molecular formula is C18H20N4O2. The zero-order valence-electron chi connectivity index (χ0n) is 13.7. The van der Waals surface area contributed by atoms with Crippen molar-refractivity contribution < 1.29 is 9.32 Å². The quantitative estimate of drug-likeness (QED) is 0.783. The molecule has 24 heavy (non-hydrogen) atoms. The molecule has 2 heterocycles. The van der Waals surface area contributed by atoms with E-state index in [2.05, 4.69) is 15.5 Å². The number of hydrogen-bond donors (Lipinski definition) is 1. The monoisotopic (exact) mass is 324 g/mol. The van der Waals surface area contributed by atoms with E-state index in [9.17, 15) is 4.79 Å². The largest absolute Gasteiger partial charge is 0.350 e. The van der Waals surface area contributed by atoms with Crippen molar-refractivity contribution >= 4 is 16.8 Å². The van der Waals surface area contributed by atoms with E-state index in [1.807, 2.05) is 41.9 Å². The average Bonchev–Trinajstić information content (AvgIpc) is 3.11. The molecule has 0 unspecified atom stereocenters. The lowest BCUT2D eigenvalue weighted by molar-refractivity contribution is 0.0946. The fourth-order valence-corrected chi connectivity index (χ4v) is 3.08. The number of nitrogens with one attached hydrogen (secondary N) is 1. The van der Waals surface area contributed by atoms with Crippen molar-refractivity contribution in [2.24, 2.45) is 7.05 Å². The Hall–Kier alpha value is -2.63. The Balaban J connectivity index is 1.37. The van der Waals surface area contributed by atoms with Crippen LogP contribution >= 0.6 is 0 Å².